The van der Waals surface area contributed by atoms with E-state index in [2.05, 4.69) is 27.1 Å². The third-order valence-electron chi connectivity index (χ3n) is 4.72. The molecule has 2 N–H and O–H groups in total. The van der Waals surface area contributed by atoms with Crippen molar-refractivity contribution < 1.29 is 18.0 Å². The molecule has 5 nitrogen and oxygen atoms in total. The molecule has 1 aromatic heterocycles. The predicted octanol–water partition coefficient (Wildman–Crippen LogP) is 4.44. The standard InChI is InChI=1S/C22H23F3N4OS/c1-3-6-19(29-11-9-26-10-12-29)17(4-2)27-20(30)18-14-31-21(28-18)15-7-5-8-16(13-15)22(23,24)25/h3-8,13-14,26H,1,9-12H2,2H3,(H,27,30)/b17-4+,19-6+. The number of nitrogens with one attached hydrogen (secondary N) is 2. The van der Waals surface area contributed by atoms with Crippen LogP contribution in [0.4, 0.5) is 13.2 Å². The Labute approximate surface area is 183 Å². The number of hydrogen-bond donors (Lipinski definition) is 2. The number of nitrogens with zero attached hydrogens (tertiary/aromatic N) is 2. The van der Waals surface area contributed by atoms with Crippen molar-refractivity contribution in [3.05, 3.63) is 77.1 Å². The van der Waals surface area contributed by atoms with Gasteiger partial charge in [0.05, 0.1) is 17.0 Å². The molecular formula is C22H23F3N4OS. The Morgan fingerprint density at radius 1 is 1.32 bits per heavy atom. The lowest BCUT2D eigenvalue weighted by atomic mass is 10.1. The summed E-state index contributed by atoms with van der Waals surface area (Å²) in [6, 6.07) is 4.92. The summed E-state index contributed by atoms with van der Waals surface area (Å²) in [5.41, 5.74) is 1.19. The Kier molecular flexibility index (Phi) is 7.29. The van der Waals surface area contributed by atoms with E-state index in [-0.39, 0.29) is 5.69 Å². The number of allylic oxidation sites excluding steroid dienone is 3. The smallest absolute Gasteiger partial charge is 0.367 e. The molecule has 164 valence electrons. The van der Waals surface area contributed by atoms with Gasteiger partial charge in [-0.15, -0.1) is 11.3 Å². The molecule has 1 fully saturated rings. The summed E-state index contributed by atoms with van der Waals surface area (Å²) in [6.07, 6.45) is 0.874. The lowest BCUT2D eigenvalue weighted by Crippen LogP contribution is -2.44. The zero-order valence-electron chi connectivity index (χ0n) is 17.0. The van der Waals surface area contributed by atoms with Crippen molar-refractivity contribution in [2.75, 3.05) is 26.2 Å². The fourth-order valence-corrected chi connectivity index (χ4v) is 3.99. The maximum Gasteiger partial charge on any atom is 0.416 e. The van der Waals surface area contributed by atoms with Gasteiger partial charge in [-0.2, -0.15) is 13.2 Å². The van der Waals surface area contributed by atoms with Gasteiger partial charge in [-0.05, 0) is 25.1 Å². The van der Waals surface area contributed by atoms with E-state index in [9.17, 15) is 18.0 Å². The molecule has 0 radical (unpaired) electrons. The van der Waals surface area contributed by atoms with E-state index in [0.29, 0.717) is 16.3 Å². The van der Waals surface area contributed by atoms with Gasteiger partial charge < -0.3 is 15.5 Å². The molecule has 1 saturated heterocycles. The van der Waals surface area contributed by atoms with E-state index in [0.717, 1.165) is 55.3 Å². The highest BCUT2D eigenvalue weighted by atomic mass is 32.1. The Bertz CT molecular complexity index is 1000. The molecular weight excluding hydrogens is 425 g/mol. The molecule has 1 aliphatic rings. The molecule has 9 heteroatoms. The first-order valence-electron chi connectivity index (χ1n) is 9.73. The Morgan fingerprint density at radius 2 is 2.06 bits per heavy atom. The molecule has 1 aliphatic heterocycles. The normalized spacial score (nSPS) is 15.7. The number of rotatable bonds is 6. The number of halogens is 3. The van der Waals surface area contributed by atoms with Gasteiger partial charge in [-0.1, -0.05) is 30.9 Å². The Morgan fingerprint density at radius 3 is 2.71 bits per heavy atom. The average Bonchev–Trinajstić information content (AvgIpc) is 3.27. The number of thiazole rings is 1. The molecule has 1 amide bonds. The van der Waals surface area contributed by atoms with Crippen LogP contribution in [0.15, 0.2) is 65.8 Å². The van der Waals surface area contributed by atoms with Crippen molar-refractivity contribution in [3.63, 3.8) is 0 Å². The summed E-state index contributed by atoms with van der Waals surface area (Å²) >= 11 is 1.12. The van der Waals surface area contributed by atoms with Gasteiger partial charge in [-0.25, -0.2) is 4.98 Å². The summed E-state index contributed by atoms with van der Waals surface area (Å²) in [5.74, 6) is -0.423. The van der Waals surface area contributed by atoms with Crippen LogP contribution in [0, 0.1) is 0 Å². The molecule has 2 heterocycles. The lowest BCUT2D eigenvalue weighted by molar-refractivity contribution is -0.137. The highest BCUT2D eigenvalue weighted by Crippen LogP contribution is 2.33. The average molecular weight is 449 g/mol. The van der Waals surface area contributed by atoms with Crippen LogP contribution in [-0.4, -0.2) is 42.0 Å². The van der Waals surface area contributed by atoms with Crippen LogP contribution in [0.2, 0.25) is 0 Å². The van der Waals surface area contributed by atoms with Gasteiger partial charge in [0, 0.05) is 37.1 Å². The van der Waals surface area contributed by atoms with Gasteiger partial charge in [0.1, 0.15) is 10.7 Å². The molecule has 3 rings (SSSR count). The second-order valence-electron chi connectivity index (χ2n) is 6.80. The van der Waals surface area contributed by atoms with Gasteiger partial charge in [0.2, 0.25) is 0 Å². The number of alkyl halides is 3. The minimum absolute atomic E-state index is 0.148. The van der Waals surface area contributed by atoms with Gasteiger partial charge in [0.15, 0.2) is 0 Å². The maximum atomic E-state index is 13.0. The zero-order valence-corrected chi connectivity index (χ0v) is 17.8. The fourth-order valence-electron chi connectivity index (χ4n) is 3.19. The van der Waals surface area contributed by atoms with E-state index in [1.165, 1.54) is 6.07 Å². The summed E-state index contributed by atoms with van der Waals surface area (Å²) in [5, 5.41) is 8.05. The van der Waals surface area contributed by atoms with E-state index in [4.69, 9.17) is 0 Å². The van der Waals surface area contributed by atoms with E-state index in [1.807, 2.05) is 13.0 Å². The number of aromatic nitrogens is 1. The highest BCUT2D eigenvalue weighted by Gasteiger charge is 2.30. The van der Waals surface area contributed by atoms with E-state index < -0.39 is 17.6 Å². The van der Waals surface area contributed by atoms with Crippen molar-refractivity contribution in [3.8, 4) is 10.6 Å². The van der Waals surface area contributed by atoms with Crippen LogP contribution in [0.25, 0.3) is 10.6 Å². The second kappa shape index (κ2) is 9.93. The molecule has 0 bridgehead atoms. The summed E-state index contributed by atoms with van der Waals surface area (Å²) in [7, 11) is 0. The van der Waals surface area contributed by atoms with Crippen LogP contribution >= 0.6 is 11.3 Å². The number of hydrogen-bond acceptors (Lipinski definition) is 5. The van der Waals surface area contributed by atoms with Crippen molar-refractivity contribution >= 4 is 17.2 Å². The van der Waals surface area contributed by atoms with Crippen LogP contribution in [0.1, 0.15) is 23.0 Å². The minimum atomic E-state index is -4.44. The fraction of sp³-hybridized carbons (Fsp3) is 0.273. The van der Waals surface area contributed by atoms with Gasteiger partial charge >= 0.3 is 6.18 Å². The lowest BCUT2D eigenvalue weighted by Gasteiger charge is -2.32. The van der Waals surface area contributed by atoms with Crippen LogP contribution < -0.4 is 10.6 Å². The molecule has 31 heavy (non-hydrogen) atoms. The molecule has 1 aromatic carbocycles. The number of carbonyl (C=O) groups excluding carboxylic acids is 1. The highest BCUT2D eigenvalue weighted by molar-refractivity contribution is 7.13. The number of piperazine rings is 1. The first-order chi connectivity index (χ1) is 14.8. The van der Waals surface area contributed by atoms with Crippen molar-refractivity contribution in [2.24, 2.45) is 0 Å². The summed E-state index contributed by atoms with van der Waals surface area (Å²) in [4.78, 5) is 19.2. The van der Waals surface area contributed by atoms with Crippen molar-refractivity contribution in [1.82, 2.24) is 20.5 Å². The summed E-state index contributed by atoms with van der Waals surface area (Å²) in [6.45, 7) is 8.85. The first-order valence-corrected chi connectivity index (χ1v) is 10.6. The van der Waals surface area contributed by atoms with Crippen molar-refractivity contribution in [1.29, 1.82) is 0 Å². The summed E-state index contributed by atoms with van der Waals surface area (Å²) < 4.78 is 39.0. The third kappa shape index (κ3) is 5.62. The zero-order chi connectivity index (χ0) is 22.4. The SMILES string of the molecule is C=C/C=C(\C(=C/C)NC(=O)c1csc(-c2cccc(C(F)(F)F)c2)n1)N1CCNCC1. The van der Waals surface area contributed by atoms with Crippen LogP contribution in [0.5, 0.6) is 0 Å². The Balaban J connectivity index is 1.78. The van der Waals surface area contributed by atoms with Crippen LogP contribution in [0.3, 0.4) is 0 Å². The molecule has 0 atom stereocenters. The number of benzene rings is 1. The first kappa shape index (κ1) is 22.8. The molecule has 2 aromatic rings. The molecule has 0 unspecified atom stereocenters. The minimum Gasteiger partial charge on any atom is -0.367 e. The van der Waals surface area contributed by atoms with E-state index in [1.54, 1.807) is 23.6 Å². The predicted molar refractivity (Wildman–Crippen MR) is 116 cm³/mol. The number of amides is 1. The molecule has 0 spiro atoms. The molecule has 0 saturated carbocycles. The molecule has 0 aliphatic carbocycles. The topological polar surface area (TPSA) is 57.3 Å². The quantitative estimate of drug-likeness (QED) is 0.642. The van der Waals surface area contributed by atoms with Gasteiger partial charge in [-0.3, -0.25) is 4.79 Å². The second-order valence-corrected chi connectivity index (χ2v) is 7.66. The van der Waals surface area contributed by atoms with E-state index >= 15 is 0 Å². The monoisotopic (exact) mass is 448 g/mol. The van der Waals surface area contributed by atoms with Gasteiger partial charge in [0.25, 0.3) is 5.91 Å². The third-order valence-corrected chi connectivity index (χ3v) is 5.61. The van der Waals surface area contributed by atoms with Crippen LogP contribution in [-0.2, 0) is 6.18 Å². The van der Waals surface area contributed by atoms with Crippen molar-refractivity contribution in [2.45, 2.75) is 13.1 Å². The largest absolute Gasteiger partial charge is 0.416 e. The number of carbonyl (C=O) groups is 1. The maximum absolute atomic E-state index is 13.0. The Hall–Kier alpha value is -2.91.